The third-order valence-corrected chi connectivity index (χ3v) is 1.54. The number of methoxy groups -OCH3 is 1. The molecule has 0 saturated heterocycles. The fraction of sp³-hybridized carbons (Fsp3) is 0.222. The first-order valence-electron chi connectivity index (χ1n) is 3.70. The van der Waals surface area contributed by atoms with E-state index in [0.717, 1.165) is 11.3 Å². The van der Waals surface area contributed by atoms with Crippen molar-refractivity contribution in [2.24, 2.45) is 10.7 Å². The molecular formula is C9H12N2O. The summed E-state index contributed by atoms with van der Waals surface area (Å²) in [5.41, 5.74) is 6.24. The summed E-state index contributed by atoms with van der Waals surface area (Å²) in [6.07, 6.45) is 1.31. The first kappa shape index (κ1) is 8.59. The van der Waals surface area contributed by atoms with E-state index in [1.807, 2.05) is 24.3 Å². The summed E-state index contributed by atoms with van der Waals surface area (Å²) in [7, 11) is 1.65. The van der Waals surface area contributed by atoms with E-state index in [1.54, 1.807) is 7.11 Å². The van der Waals surface area contributed by atoms with Crippen molar-refractivity contribution in [2.75, 3.05) is 7.11 Å². The third-order valence-electron chi connectivity index (χ3n) is 1.54. The lowest BCUT2D eigenvalue weighted by atomic mass is 10.2. The Labute approximate surface area is 71.9 Å². The standard InChI is InChI=1S/C9H12N2O/c1-12-9-4-2-8(3-5-9)6-11-7-10/h2-5,7H,6H2,1H3,(H2,10,11). The van der Waals surface area contributed by atoms with Crippen LogP contribution in [0.5, 0.6) is 5.75 Å². The Morgan fingerprint density at radius 1 is 1.42 bits per heavy atom. The highest BCUT2D eigenvalue weighted by molar-refractivity contribution is 5.51. The molecular weight excluding hydrogens is 152 g/mol. The number of nitrogens with two attached hydrogens (primary N) is 1. The van der Waals surface area contributed by atoms with E-state index in [4.69, 9.17) is 10.5 Å². The molecule has 64 valence electrons. The van der Waals surface area contributed by atoms with E-state index < -0.39 is 0 Å². The molecule has 0 bridgehead atoms. The predicted molar refractivity (Wildman–Crippen MR) is 49.4 cm³/mol. The Hall–Kier alpha value is -1.51. The van der Waals surface area contributed by atoms with Gasteiger partial charge in [-0.2, -0.15) is 0 Å². The van der Waals surface area contributed by atoms with E-state index in [2.05, 4.69) is 4.99 Å². The molecule has 0 spiro atoms. The van der Waals surface area contributed by atoms with Crippen molar-refractivity contribution in [3.05, 3.63) is 29.8 Å². The van der Waals surface area contributed by atoms with Gasteiger partial charge in [-0.25, -0.2) is 0 Å². The van der Waals surface area contributed by atoms with Gasteiger partial charge in [0.2, 0.25) is 0 Å². The van der Waals surface area contributed by atoms with Crippen molar-refractivity contribution in [3.63, 3.8) is 0 Å². The lowest BCUT2D eigenvalue weighted by molar-refractivity contribution is 0.414. The maximum absolute atomic E-state index is 5.12. The molecule has 0 aliphatic heterocycles. The number of hydrogen-bond donors (Lipinski definition) is 1. The lowest BCUT2D eigenvalue weighted by Crippen LogP contribution is -1.90. The smallest absolute Gasteiger partial charge is 0.118 e. The average molecular weight is 164 g/mol. The highest BCUT2D eigenvalue weighted by Crippen LogP contribution is 2.11. The molecule has 0 aromatic heterocycles. The number of aliphatic imine (C=N–C) groups is 1. The lowest BCUT2D eigenvalue weighted by Gasteiger charge is -1.99. The van der Waals surface area contributed by atoms with Gasteiger partial charge in [0.25, 0.3) is 0 Å². The SMILES string of the molecule is COc1ccc(CN=CN)cc1. The van der Waals surface area contributed by atoms with E-state index in [1.165, 1.54) is 6.34 Å². The zero-order valence-electron chi connectivity index (χ0n) is 7.03. The van der Waals surface area contributed by atoms with E-state index >= 15 is 0 Å². The summed E-state index contributed by atoms with van der Waals surface area (Å²) in [4.78, 5) is 3.91. The number of hydrogen-bond acceptors (Lipinski definition) is 2. The van der Waals surface area contributed by atoms with Gasteiger partial charge in [0.1, 0.15) is 5.75 Å². The van der Waals surface area contributed by atoms with Gasteiger partial charge in [-0.3, -0.25) is 4.99 Å². The quantitative estimate of drug-likeness (QED) is 0.538. The largest absolute Gasteiger partial charge is 0.497 e. The molecule has 1 rings (SSSR count). The van der Waals surface area contributed by atoms with Gasteiger partial charge < -0.3 is 10.5 Å². The molecule has 0 atom stereocenters. The molecule has 0 unspecified atom stereocenters. The van der Waals surface area contributed by atoms with Gasteiger partial charge in [-0.1, -0.05) is 12.1 Å². The zero-order valence-corrected chi connectivity index (χ0v) is 7.03. The molecule has 0 fully saturated rings. The molecule has 0 saturated carbocycles. The topological polar surface area (TPSA) is 47.6 Å². The molecule has 0 radical (unpaired) electrons. The molecule has 0 heterocycles. The van der Waals surface area contributed by atoms with Crippen LogP contribution in [0, 0.1) is 0 Å². The molecule has 3 heteroatoms. The fourth-order valence-electron chi connectivity index (χ4n) is 0.889. The van der Waals surface area contributed by atoms with Crippen LogP contribution in [0.4, 0.5) is 0 Å². The van der Waals surface area contributed by atoms with Crippen LogP contribution in [0.2, 0.25) is 0 Å². The van der Waals surface area contributed by atoms with Gasteiger partial charge in [0, 0.05) is 0 Å². The fourth-order valence-corrected chi connectivity index (χ4v) is 0.889. The predicted octanol–water partition coefficient (Wildman–Crippen LogP) is 1.18. The Balaban J connectivity index is 2.64. The van der Waals surface area contributed by atoms with Crippen LogP contribution in [0.3, 0.4) is 0 Å². The van der Waals surface area contributed by atoms with Crippen LogP contribution in [-0.4, -0.2) is 13.4 Å². The minimum Gasteiger partial charge on any atom is -0.497 e. The third kappa shape index (κ3) is 2.27. The Kier molecular flexibility index (Phi) is 3.14. The number of rotatable bonds is 3. The highest BCUT2D eigenvalue weighted by Gasteiger charge is 1.91. The summed E-state index contributed by atoms with van der Waals surface area (Å²) in [6.45, 7) is 0.625. The second-order valence-corrected chi connectivity index (χ2v) is 2.34. The van der Waals surface area contributed by atoms with Crippen LogP contribution in [0.1, 0.15) is 5.56 Å². The Bertz CT molecular complexity index is 254. The number of benzene rings is 1. The summed E-state index contributed by atoms with van der Waals surface area (Å²) in [5, 5.41) is 0. The van der Waals surface area contributed by atoms with Crippen molar-refractivity contribution in [2.45, 2.75) is 6.54 Å². The first-order chi connectivity index (χ1) is 5.86. The Morgan fingerprint density at radius 2 is 2.08 bits per heavy atom. The molecule has 12 heavy (non-hydrogen) atoms. The molecule has 1 aromatic rings. The van der Waals surface area contributed by atoms with Crippen LogP contribution in [-0.2, 0) is 6.54 Å². The van der Waals surface area contributed by atoms with E-state index in [-0.39, 0.29) is 0 Å². The zero-order chi connectivity index (χ0) is 8.81. The number of nitrogens with zero attached hydrogens (tertiary/aromatic N) is 1. The van der Waals surface area contributed by atoms with Crippen LogP contribution in [0.25, 0.3) is 0 Å². The molecule has 0 amide bonds. The van der Waals surface area contributed by atoms with E-state index in [9.17, 15) is 0 Å². The summed E-state index contributed by atoms with van der Waals surface area (Å²) in [6, 6.07) is 7.74. The molecule has 2 N–H and O–H groups in total. The van der Waals surface area contributed by atoms with Gasteiger partial charge in [0.05, 0.1) is 20.0 Å². The van der Waals surface area contributed by atoms with Gasteiger partial charge in [0.15, 0.2) is 0 Å². The van der Waals surface area contributed by atoms with Gasteiger partial charge >= 0.3 is 0 Å². The van der Waals surface area contributed by atoms with Crippen molar-refractivity contribution in [3.8, 4) is 5.75 Å². The molecule has 3 nitrogen and oxygen atoms in total. The minimum atomic E-state index is 0.625. The summed E-state index contributed by atoms with van der Waals surface area (Å²) in [5.74, 6) is 0.857. The van der Waals surface area contributed by atoms with Crippen LogP contribution < -0.4 is 10.5 Å². The van der Waals surface area contributed by atoms with Crippen molar-refractivity contribution >= 4 is 6.34 Å². The Morgan fingerprint density at radius 3 is 2.58 bits per heavy atom. The minimum absolute atomic E-state index is 0.625. The molecule has 0 aliphatic carbocycles. The van der Waals surface area contributed by atoms with Crippen LogP contribution in [0.15, 0.2) is 29.3 Å². The van der Waals surface area contributed by atoms with Gasteiger partial charge in [-0.05, 0) is 17.7 Å². The van der Waals surface area contributed by atoms with Crippen molar-refractivity contribution in [1.82, 2.24) is 0 Å². The number of ether oxygens (including phenoxy) is 1. The monoisotopic (exact) mass is 164 g/mol. The second-order valence-electron chi connectivity index (χ2n) is 2.34. The molecule has 1 aromatic carbocycles. The maximum atomic E-state index is 5.12. The average Bonchev–Trinajstić information content (AvgIpc) is 2.15. The van der Waals surface area contributed by atoms with E-state index in [0.29, 0.717) is 6.54 Å². The maximum Gasteiger partial charge on any atom is 0.118 e. The molecule has 0 aliphatic rings. The summed E-state index contributed by atoms with van der Waals surface area (Å²) < 4.78 is 5.01. The van der Waals surface area contributed by atoms with Gasteiger partial charge in [-0.15, -0.1) is 0 Å². The van der Waals surface area contributed by atoms with Crippen molar-refractivity contribution in [1.29, 1.82) is 0 Å². The first-order valence-corrected chi connectivity index (χ1v) is 3.70. The second kappa shape index (κ2) is 4.38. The van der Waals surface area contributed by atoms with Crippen molar-refractivity contribution < 1.29 is 4.74 Å². The summed E-state index contributed by atoms with van der Waals surface area (Å²) >= 11 is 0. The normalized spacial score (nSPS) is 10.4. The highest BCUT2D eigenvalue weighted by atomic mass is 16.5. The van der Waals surface area contributed by atoms with Crippen LogP contribution >= 0.6 is 0 Å².